The molecule has 7 heteroatoms. The van der Waals surface area contributed by atoms with Gasteiger partial charge in [0.25, 0.3) is 0 Å². The number of thiazole rings is 1. The zero-order chi connectivity index (χ0) is 16.5. The second-order valence-electron chi connectivity index (χ2n) is 5.78. The summed E-state index contributed by atoms with van der Waals surface area (Å²) < 4.78 is 0. The predicted octanol–water partition coefficient (Wildman–Crippen LogP) is 3.10. The zero-order valence-corrected chi connectivity index (χ0v) is 18.4. The van der Waals surface area contributed by atoms with Crippen molar-refractivity contribution in [3.8, 4) is 0 Å². The van der Waals surface area contributed by atoms with Crippen LogP contribution in [0.1, 0.15) is 36.6 Å². The lowest BCUT2D eigenvalue weighted by Gasteiger charge is -2.32. The number of hydrogen-bond acceptors (Lipinski definition) is 4. The van der Waals surface area contributed by atoms with Crippen molar-refractivity contribution in [2.24, 2.45) is 10.9 Å². The largest absolute Gasteiger partial charge is 0.355 e. The minimum absolute atomic E-state index is 0. The number of likely N-dealkylation sites (N-methyl/N-ethyl adjacent to an activating group) is 1. The highest BCUT2D eigenvalue weighted by atomic mass is 127. The third-order valence-corrected chi connectivity index (χ3v) is 4.95. The van der Waals surface area contributed by atoms with Crippen LogP contribution in [0.5, 0.6) is 0 Å². The van der Waals surface area contributed by atoms with Gasteiger partial charge in [-0.15, -0.1) is 35.3 Å². The van der Waals surface area contributed by atoms with Gasteiger partial charge < -0.3 is 15.5 Å². The van der Waals surface area contributed by atoms with Gasteiger partial charge in [-0.25, -0.2) is 4.98 Å². The summed E-state index contributed by atoms with van der Waals surface area (Å²) in [5, 5.41) is 7.88. The van der Waals surface area contributed by atoms with Crippen LogP contribution in [0.25, 0.3) is 0 Å². The summed E-state index contributed by atoms with van der Waals surface area (Å²) >= 11 is 1.72. The third-order valence-electron chi connectivity index (χ3n) is 4.03. The Morgan fingerprint density at radius 3 is 2.39 bits per heavy atom. The summed E-state index contributed by atoms with van der Waals surface area (Å²) in [5.74, 6) is 1.54. The van der Waals surface area contributed by atoms with Gasteiger partial charge in [0.05, 0.1) is 6.54 Å². The molecule has 0 saturated carbocycles. The normalized spacial score (nSPS) is 13.1. The molecule has 1 atom stereocenters. The maximum Gasteiger partial charge on any atom is 0.191 e. The first-order chi connectivity index (χ1) is 10.5. The summed E-state index contributed by atoms with van der Waals surface area (Å²) in [6.07, 6.45) is 4.31. The van der Waals surface area contributed by atoms with Crippen molar-refractivity contribution >= 4 is 41.3 Å². The second kappa shape index (κ2) is 12.0. The van der Waals surface area contributed by atoms with E-state index in [4.69, 9.17) is 0 Å². The van der Waals surface area contributed by atoms with E-state index in [1.54, 1.807) is 11.3 Å². The summed E-state index contributed by atoms with van der Waals surface area (Å²) in [4.78, 5) is 12.2. The molecule has 5 nitrogen and oxygen atoms in total. The summed E-state index contributed by atoms with van der Waals surface area (Å²) in [7, 11) is 6.11. The Bertz CT molecular complexity index is 457. The predicted molar refractivity (Wildman–Crippen MR) is 112 cm³/mol. The van der Waals surface area contributed by atoms with E-state index in [0.717, 1.165) is 24.1 Å². The fraction of sp³-hybridized carbons (Fsp3) is 0.750. The van der Waals surface area contributed by atoms with Gasteiger partial charge in [-0.2, -0.15) is 0 Å². The molecule has 1 aromatic heterocycles. The van der Waals surface area contributed by atoms with E-state index in [-0.39, 0.29) is 24.0 Å². The number of aromatic nitrogens is 1. The Morgan fingerprint density at radius 1 is 1.30 bits per heavy atom. The van der Waals surface area contributed by atoms with E-state index >= 15 is 0 Å². The summed E-state index contributed by atoms with van der Waals surface area (Å²) in [6, 6.07) is 0.510. The molecule has 23 heavy (non-hydrogen) atoms. The molecule has 1 aromatic rings. The van der Waals surface area contributed by atoms with E-state index in [0.29, 0.717) is 12.0 Å². The van der Waals surface area contributed by atoms with E-state index in [1.807, 2.05) is 13.2 Å². The molecular weight excluding hydrogens is 421 g/mol. The molecule has 0 saturated heterocycles. The van der Waals surface area contributed by atoms with Crippen LogP contribution >= 0.6 is 35.3 Å². The third kappa shape index (κ3) is 7.80. The molecule has 1 rings (SSSR count). The van der Waals surface area contributed by atoms with Crippen LogP contribution in [0, 0.1) is 12.8 Å². The van der Waals surface area contributed by atoms with Crippen molar-refractivity contribution in [2.45, 2.75) is 46.2 Å². The summed E-state index contributed by atoms with van der Waals surface area (Å²) in [5.41, 5.74) is 0. The molecule has 0 bridgehead atoms. The van der Waals surface area contributed by atoms with Crippen molar-refractivity contribution in [2.75, 3.05) is 27.7 Å². The average molecular weight is 453 g/mol. The van der Waals surface area contributed by atoms with Crippen LogP contribution < -0.4 is 10.6 Å². The molecule has 0 radical (unpaired) electrons. The Morgan fingerprint density at radius 2 is 1.96 bits per heavy atom. The summed E-state index contributed by atoms with van der Waals surface area (Å²) in [6.45, 7) is 8.22. The second-order valence-corrected chi connectivity index (χ2v) is 7.10. The van der Waals surface area contributed by atoms with Crippen LogP contribution in [0.3, 0.4) is 0 Å². The topological polar surface area (TPSA) is 52.6 Å². The van der Waals surface area contributed by atoms with Crippen molar-refractivity contribution in [3.05, 3.63) is 16.1 Å². The fourth-order valence-electron chi connectivity index (χ4n) is 2.67. The zero-order valence-electron chi connectivity index (χ0n) is 15.2. The molecule has 0 spiro atoms. The minimum Gasteiger partial charge on any atom is -0.355 e. The number of aliphatic imine (C=N–C) groups is 1. The van der Waals surface area contributed by atoms with E-state index in [9.17, 15) is 0 Å². The van der Waals surface area contributed by atoms with Crippen LogP contribution in [0.4, 0.5) is 0 Å². The lowest BCUT2D eigenvalue weighted by atomic mass is 9.93. The number of rotatable bonds is 8. The Labute approximate surface area is 162 Å². The average Bonchev–Trinajstić information content (AvgIpc) is 2.91. The molecule has 0 aromatic carbocycles. The molecule has 0 amide bonds. The maximum atomic E-state index is 4.37. The quantitative estimate of drug-likeness (QED) is 0.361. The van der Waals surface area contributed by atoms with Crippen molar-refractivity contribution in [3.63, 3.8) is 0 Å². The molecule has 0 aliphatic heterocycles. The molecule has 1 unspecified atom stereocenters. The Kier molecular flexibility index (Phi) is 11.8. The van der Waals surface area contributed by atoms with Gasteiger partial charge in [-0.3, -0.25) is 4.99 Å². The number of aryl methyl sites for hydroxylation is 1. The lowest BCUT2D eigenvalue weighted by molar-refractivity contribution is 0.200. The molecule has 2 N–H and O–H groups in total. The first kappa shape index (κ1) is 22.6. The number of nitrogens with one attached hydrogen (secondary N) is 2. The molecule has 0 fully saturated rings. The van der Waals surface area contributed by atoms with Gasteiger partial charge in [-0.05, 0) is 26.9 Å². The Hall–Kier alpha value is -0.410. The molecule has 0 aliphatic rings. The first-order valence-corrected chi connectivity index (χ1v) is 8.85. The van der Waals surface area contributed by atoms with Crippen LogP contribution in [0.15, 0.2) is 11.2 Å². The first-order valence-electron chi connectivity index (χ1n) is 8.04. The SMILES string of the molecule is CCC(CC)C(CNC(=NC)NCc1ncc(C)s1)N(C)C.I. The van der Waals surface area contributed by atoms with Gasteiger partial charge in [0.2, 0.25) is 0 Å². The van der Waals surface area contributed by atoms with E-state index in [2.05, 4.69) is 60.4 Å². The van der Waals surface area contributed by atoms with Crippen LogP contribution in [-0.2, 0) is 6.54 Å². The molecular formula is C16H32IN5S. The highest BCUT2D eigenvalue weighted by Gasteiger charge is 2.20. The van der Waals surface area contributed by atoms with Crippen molar-refractivity contribution in [1.82, 2.24) is 20.5 Å². The van der Waals surface area contributed by atoms with Gasteiger partial charge in [0.1, 0.15) is 5.01 Å². The van der Waals surface area contributed by atoms with Crippen molar-refractivity contribution < 1.29 is 0 Å². The molecule has 0 aliphatic carbocycles. The number of nitrogens with zero attached hydrogens (tertiary/aromatic N) is 3. The number of hydrogen-bond donors (Lipinski definition) is 2. The van der Waals surface area contributed by atoms with Crippen LogP contribution in [-0.4, -0.2) is 49.6 Å². The fourth-order valence-corrected chi connectivity index (χ4v) is 3.39. The van der Waals surface area contributed by atoms with Gasteiger partial charge in [0.15, 0.2) is 5.96 Å². The van der Waals surface area contributed by atoms with E-state index in [1.165, 1.54) is 17.7 Å². The number of guanidine groups is 1. The number of halogens is 1. The Balaban J connectivity index is 0.00000484. The minimum atomic E-state index is 0. The van der Waals surface area contributed by atoms with Crippen molar-refractivity contribution in [1.29, 1.82) is 0 Å². The molecule has 134 valence electrons. The highest BCUT2D eigenvalue weighted by molar-refractivity contribution is 14.0. The maximum absolute atomic E-state index is 4.37. The highest BCUT2D eigenvalue weighted by Crippen LogP contribution is 2.16. The smallest absolute Gasteiger partial charge is 0.191 e. The van der Waals surface area contributed by atoms with E-state index < -0.39 is 0 Å². The van der Waals surface area contributed by atoms with Gasteiger partial charge >= 0.3 is 0 Å². The van der Waals surface area contributed by atoms with Gasteiger partial charge in [0, 0.05) is 30.7 Å². The van der Waals surface area contributed by atoms with Gasteiger partial charge in [-0.1, -0.05) is 26.7 Å². The lowest BCUT2D eigenvalue weighted by Crippen LogP contribution is -2.47. The van der Waals surface area contributed by atoms with Crippen LogP contribution in [0.2, 0.25) is 0 Å². The monoisotopic (exact) mass is 453 g/mol. The molecule has 1 heterocycles. The standard InChI is InChI=1S/C16H31N5S.HI/c1-7-13(8-2)14(21(5)6)10-19-16(17-4)20-11-15-18-9-12(3)22-15;/h9,13-14H,7-8,10-11H2,1-6H3,(H2,17,19,20);1H.